The second-order valence-corrected chi connectivity index (χ2v) is 3.82. The van der Waals surface area contributed by atoms with Gasteiger partial charge in [-0.25, -0.2) is 4.79 Å². The number of hydrogen-bond acceptors (Lipinski definition) is 2. The van der Waals surface area contributed by atoms with E-state index in [-0.39, 0.29) is 6.03 Å². The van der Waals surface area contributed by atoms with E-state index < -0.39 is 0 Å². The van der Waals surface area contributed by atoms with Gasteiger partial charge in [0, 0.05) is 19.8 Å². The predicted octanol–water partition coefficient (Wildman–Crippen LogP) is 2.89. The maximum Gasteiger partial charge on any atom is 0.319 e. The molecule has 0 saturated carbocycles. The lowest BCUT2D eigenvalue weighted by atomic mass is 10.3. The topological polar surface area (TPSA) is 50.4 Å². The standard InChI is InChI=1S/C12H17ClN2O2/c1-2-17-9-5-8-14-12(16)15-11-7-4-3-6-10(11)13/h3-4,6-7H,2,5,8-9H2,1H3,(H2,14,15,16). The lowest BCUT2D eigenvalue weighted by molar-refractivity contribution is 0.145. The molecule has 94 valence electrons. The van der Waals surface area contributed by atoms with E-state index in [2.05, 4.69) is 10.6 Å². The predicted molar refractivity (Wildman–Crippen MR) is 69.6 cm³/mol. The number of amides is 2. The lowest BCUT2D eigenvalue weighted by Gasteiger charge is -2.08. The summed E-state index contributed by atoms with van der Waals surface area (Å²) in [5.74, 6) is 0. The van der Waals surface area contributed by atoms with Crippen LogP contribution in [0.4, 0.5) is 10.5 Å². The highest BCUT2D eigenvalue weighted by Gasteiger charge is 2.03. The van der Waals surface area contributed by atoms with Crippen LogP contribution < -0.4 is 10.6 Å². The minimum atomic E-state index is -0.255. The van der Waals surface area contributed by atoms with Crippen molar-refractivity contribution in [2.24, 2.45) is 0 Å². The van der Waals surface area contributed by atoms with E-state index in [0.717, 1.165) is 6.42 Å². The molecule has 0 aliphatic carbocycles. The molecule has 0 bridgehead atoms. The summed E-state index contributed by atoms with van der Waals surface area (Å²) in [5, 5.41) is 5.93. The van der Waals surface area contributed by atoms with Crippen LogP contribution in [0.3, 0.4) is 0 Å². The van der Waals surface area contributed by atoms with E-state index in [9.17, 15) is 4.79 Å². The van der Waals surface area contributed by atoms with E-state index in [0.29, 0.717) is 30.5 Å². The van der Waals surface area contributed by atoms with Gasteiger partial charge in [0.2, 0.25) is 0 Å². The van der Waals surface area contributed by atoms with Crippen molar-refractivity contribution >= 4 is 23.3 Å². The highest BCUT2D eigenvalue weighted by atomic mass is 35.5. The number of para-hydroxylation sites is 1. The first-order valence-electron chi connectivity index (χ1n) is 5.61. The third kappa shape index (κ3) is 5.56. The van der Waals surface area contributed by atoms with Gasteiger partial charge >= 0.3 is 6.03 Å². The summed E-state index contributed by atoms with van der Waals surface area (Å²) in [5.41, 5.74) is 0.608. The lowest BCUT2D eigenvalue weighted by Crippen LogP contribution is -2.30. The monoisotopic (exact) mass is 256 g/mol. The number of carbonyl (C=O) groups is 1. The number of benzene rings is 1. The molecule has 0 aliphatic rings. The highest BCUT2D eigenvalue weighted by Crippen LogP contribution is 2.19. The van der Waals surface area contributed by atoms with Crippen molar-refractivity contribution in [2.75, 3.05) is 25.1 Å². The van der Waals surface area contributed by atoms with Gasteiger partial charge < -0.3 is 15.4 Å². The SMILES string of the molecule is CCOCCCNC(=O)Nc1ccccc1Cl. The summed E-state index contributed by atoms with van der Waals surface area (Å²) in [6, 6.07) is 6.85. The molecule has 1 aromatic rings. The Labute approximate surface area is 106 Å². The van der Waals surface area contributed by atoms with Crippen molar-refractivity contribution in [3.05, 3.63) is 29.3 Å². The molecule has 0 aromatic heterocycles. The minimum absolute atomic E-state index is 0.255. The van der Waals surface area contributed by atoms with E-state index in [4.69, 9.17) is 16.3 Å². The number of ether oxygens (including phenoxy) is 1. The van der Waals surface area contributed by atoms with Gasteiger partial charge in [-0.05, 0) is 25.5 Å². The fraction of sp³-hybridized carbons (Fsp3) is 0.417. The Morgan fingerprint density at radius 3 is 2.88 bits per heavy atom. The van der Waals surface area contributed by atoms with Gasteiger partial charge in [-0.15, -0.1) is 0 Å². The van der Waals surface area contributed by atoms with Crippen LogP contribution in [0.25, 0.3) is 0 Å². The summed E-state index contributed by atoms with van der Waals surface area (Å²) in [6.45, 7) is 3.88. The van der Waals surface area contributed by atoms with Crippen LogP contribution in [0.5, 0.6) is 0 Å². The molecule has 0 radical (unpaired) electrons. The Hall–Kier alpha value is -1.26. The Balaban J connectivity index is 2.23. The molecule has 4 nitrogen and oxygen atoms in total. The summed E-state index contributed by atoms with van der Waals surface area (Å²) in [6.07, 6.45) is 0.795. The van der Waals surface area contributed by atoms with E-state index in [1.807, 2.05) is 19.1 Å². The molecule has 0 fully saturated rings. The molecule has 1 aromatic carbocycles. The van der Waals surface area contributed by atoms with Gasteiger partial charge in [0.15, 0.2) is 0 Å². The van der Waals surface area contributed by atoms with Gasteiger partial charge in [-0.1, -0.05) is 23.7 Å². The van der Waals surface area contributed by atoms with Gasteiger partial charge in [0.25, 0.3) is 0 Å². The Morgan fingerprint density at radius 1 is 1.41 bits per heavy atom. The highest BCUT2D eigenvalue weighted by molar-refractivity contribution is 6.33. The van der Waals surface area contributed by atoms with Crippen molar-refractivity contribution in [1.29, 1.82) is 0 Å². The normalized spacial score (nSPS) is 10.0. The quantitative estimate of drug-likeness (QED) is 0.769. The minimum Gasteiger partial charge on any atom is -0.382 e. The molecule has 0 spiro atoms. The van der Waals surface area contributed by atoms with Crippen molar-refractivity contribution < 1.29 is 9.53 Å². The number of hydrogen-bond donors (Lipinski definition) is 2. The molecule has 0 saturated heterocycles. The first-order chi connectivity index (χ1) is 8.24. The van der Waals surface area contributed by atoms with Crippen LogP contribution in [-0.4, -0.2) is 25.8 Å². The Kier molecular flexibility index (Phi) is 6.43. The number of urea groups is 1. The second kappa shape index (κ2) is 7.92. The molecule has 5 heteroatoms. The number of halogens is 1. The molecule has 0 atom stereocenters. The average molecular weight is 257 g/mol. The summed E-state index contributed by atoms with van der Waals surface area (Å²) in [4.78, 5) is 11.5. The molecule has 0 heterocycles. The van der Waals surface area contributed by atoms with Crippen LogP contribution in [0.15, 0.2) is 24.3 Å². The van der Waals surface area contributed by atoms with Gasteiger partial charge in [0.05, 0.1) is 10.7 Å². The fourth-order valence-electron chi connectivity index (χ4n) is 1.25. The first-order valence-corrected chi connectivity index (χ1v) is 5.99. The summed E-state index contributed by atoms with van der Waals surface area (Å²) < 4.78 is 5.16. The Bertz CT molecular complexity index is 358. The van der Waals surface area contributed by atoms with Crippen LogP contribution in [0.1, 0.15) is 13.3 Å². The van der Waals surface area contributed by atoms with Crippen molar-refractivity contribution in [1.82, 2.24) is 5.32 Å². The number of anilines is 1. The molecule has 17 heavy (non-hydrogen) atoms. The van der Waals surface area contributed by atoms with E-state index in [1.54, 1.807) is 12.1 Å². The maximum absolute atomic E-state index is 11.5. The smallest absolute Gasteiger partial charge is 0.319 e. The van der Waals surface area contributed by atoms with Gasteiger partial charge in [-0.3, -0.25) is 0 Å². The van der Waals surface area contributed by atoms with Crippen molar-refractivity contribution in [2.45, 2.75) is 13.3 Å². The molecule has 2 N–H and O–H groups in total. The van der Waals surface area contributed by atoms with Crippen molar-refractivity contribution in [3.63, 3.8) is 0 Å². The van der Waals surface area contributed by atoms with Crippen molar-refractivity contribution in [3.8, 4) is 0 Å². The maximum atomic E-state index is 11.5. The van der Waals surface area contributed by atoms with Crippen LogP contribution in [0, 0.1) is 0 Å². The summed E-state index contributed by atoms with van der Waals surface area (Å²) in [7, 11) is 0. The third-order valence-electron chi connectivity index (χ3n) is 2.08. The zero-order chi connectivity index (χ0) is 12.5. The Morgan fingerprint density at radius 2 is 2.18 bits per heavy atom. The number of nitrogens with one attached hydrogen (secondary N) is 2. The summed E-state index contributed by atoms with van der Waals surface area (Å²) >= 11 is 5.91. The molecule has 2 amide bonds. The zero-order valence-corrected chi connectivity index (χ0v) is 10.6. The molecule has 0 aliphatic heterocycles. The van der Waals surface area contributed by atoms with Crippen LogP contribution >= 0.6 is 11.6 Å². The first kappa shape index (κ1) is 13.8. The number of rotatable bonds is 6. The zero-order valence-electron chi connectivity index (χ0n) is 9.83. The second-order valence-electron chi connectivity index (χ2n) is 3.41. The van der Waals surface area contributed by atoms with Crippen LogP contribution in [-0.2, 0) is 4.74 Å². The third-order valence-corrected chi connectivity index (χ3v) is 2.41. The van der Waals surface area contributed by atoms with Gasteiger partial charge in [0.1, 0.15) is 0 Å². The van der Waals surface area contributed by atoms with Crippen LogP contribution in [0.2, 0.25) is 5.02 Å². The molecular formula is C12H17ClN2O2. The molecule has 1 rings (SSSR count). The average Bonchev–Trinajstić information content (AvgIpc) is 2.32. The molecular weight excluding hydrogens is 240 g/mol. The molecule has 0 unspecified atom stereocenters. The van der Waals surface area contributed by atoms with Gasteiger partial charge in [-0.2, -0.15) is 0 Å². The largest absolute Gasteiger partial charge is 0.382 e. The fourth-order valence-corrected chi connectivity index (χ4v) is 1.43. The van der Waals surface area contributed by atoms with E-state index in [1.165, 1.54) is 0 Å². The van der Waals surface area contributed by atoms with E-state index >= 15 is 0 Å². The number of carbonyl (C=O) groups excluding carboxylic acids is 1.